The minimum Gasteiger partial charge on any atom is -0.484 e. The lowest BCUT2D eigenvalue weighted by Crippen LogP contribution is -2.29. The Balaban J connectivity index is 1.88. The van der Waals surface area contributed by atoms with E-state index in [4.69, 9.17) is 4.74 Å². The quantitative estimate of drug-likeness (QED) is 0.744. The lowest BCUT2D eigenvalue weighted by Gasteiger charge is -2.20. The van der Waals surface area contributed by atoms with Gasteiger partial charge in [0, 0.05) is 13.1 Å². The van der Waals surface area contributed by atoms with Crippen LogP contribution in [0.1, 0.15) is 36.1 Å². The Hall–Kier alpha value is -2.33. The second kappa shape index (κ2) is 9.97. The van der Waals surface area contributed by atoms with Gasteiger partial charge in [-0.3, -0.25) is 9.69 Å². The molecular formula is C22H30N2O2. The maximum absolute atomic E-state index is 12.1. The maximum atomic E-state index is 12.1. The number of nitrogens with one attached hydrogen (secondary N) is 1. The number of nitrogens with zero attached hydrogens (tertiary/aromatic N) is 1. The Kier molecular flexibility index (Phi) is 7.67. The second-order valence-electron chi connectivity index (χ2n) is 6.54. The number of hydrogen-bond acceptors (Lipinski definition) is 3. The Bertz CT molecular complexity index is 724. The molecule has 1 amide bonds. The van der Waals surface area contributed by atoms with E-state index < -0.39 is 0 Å². The molecule has 0 aliphatic heterocycles. The largest absolute Gasteiger partial charge is 0.484 e. The van der Waals surface area contributed by atoms with Crippen molar-refractivity contribution in [1.29, 1.82) is 0 Å². The summed E-state index contributed by atoms with van der Waals surface area (Å²) in [4.78, 5) is 14.5. The number of amides is 1. The Morgan fingerprint density at radius 1 is 1.00 bits per heavy atom. The van der Waals surface area contributed by atoms with Gasteiger partial charge in [-0.05, 0) is 61.3 Å². The van der Waals surface area contributed by atoms with E-state index in [0.29, 0.717) is 6.54 Å². The Morgan fingerprint density at radius 3 is 2.35 bits per heavy atom. The fraction of sp³-hybridized carbons (Fsp3) is 0.409. The summed E-state index contributed by atoms with van der Waals surface area (Å²) in [6, 6.07) is 14.1. The zero-order chi connectivity index (χ0) is 18.9. The van der Waals surface area contributed by atoms with Gasteiger partial charge in [0.05, 0.1) is 0 Å². The Morgan fingerprint density at radius 2 is 1.69 bits per heavy atom. The van der Waals surface area contributed by atoms with Crippen molar-refractivity contribution in [2.45, 2.75) is 40.8 Å². The van der Waals surface area contributed by atoms with E-state index in [9.17, 15) is 4.79 Å². The summed E-state index contributed by atoms with van der Waals surface area (Å²) in [5.41, 5.74) is 4.78. The first-order chi connectivity index (χ1) is 12.5. The molecule has 0 aliphatic carbocycles. The molecule has 0 atom stereocenters. The second-order valence-corrected chi connectivity index (χ2v) is 6.54. The molecule has 2 rings (SSSR count). The molecular weight excluding hydrogens is 324 g/mol. The molecule has 4 nitrogen and oxygen atoms in total. The van der Waals surface area contributed by atoms with Gasteiger partial charge in [0.2, 0.25) is 0 Å². The fourth-order valence-electron chi connectivity index (χ4n) is 2.77. The van der Waals surface area contributed by atoms with E-state index >= 15 is 0 Å². The molecule has 0 aliphatic rings. The molecule has 1 N–H and O–H groups in total. The predicted molar refractivity (Wildman–Crippen MR) is 106 cm³/mol. The average molecular weight is 354 g/mol. The van der Waals surface area contributed by atoms with Crippen molar-refractivity contribution in [3.8, 4) is 5.75 Å². The summed E-state index contributed by atoms with van der Waals surface area (Å²) in [6.07, 6.45) is 0. The van der Waals surface area contributed by atoms with Crippen LogP contribution < -0.4 is 10.1 Å². The van der Waals surface area contributed by atoms with Gasteiger partial charge in [0.15, 0.2) is 6.61 Å². The van der Waals surface area contributed by atoms with Gasteiger partial charge in [-0.15, -0.1) is 0 Å². The smallest absolute Gasteiger partial charge is 0.258 e. The molecule has 2 aromatic rings. The van der Waals surface area contributed by atoms with Crippen molar-refractivity contribution < 1.29 is 9.53 Å². The molecule has 2 aromatic carbocycles. The van der Waals surface area contributed by atoms with Gasteiger partial charge in [0.1, 0.15) is 5.75 Å². The lowest BCUT2D eigenvalue weighted by atomic mass is 10.1. The summed E-state index contributed by atoms with van der Waals surface area (Å²) >= 11 is 0. The molecule has 0 bridgehead atoms. The molecule has 0 spiro atoms. The third-order valence-electron chi connectivity index (χ3n) is 4.73. The number of carbonyl (C=O) groups excluding carboxylic acids is 1. The SMILES string of the molecule is CCN(CC)Cc1ccccc1CNC(=O)COc1ccc(C)c(C)c1. The van der Waals surface area contributed by atoms with Gasteiger partial charge in [-0.1, -0.05) is 44.2 Å². The highest BCUT2D eigenvalue weighted by molar-refractivity contribution is 5.77. The number of benzene rings is 2. The summed E-state index contributed by atoms with van der Waals surface area (Å²) in [5.74, 6) is 0.617. The highest BCUT2D eigenvalue weighted by Gasteiger charge is 2.08. The van der Waals surface area contributed by atoms with Crippen LogP contribution in [0.3, 0.4) is 0 Å². The Labute approximate surface area is 157 Å². The molecule has 0 aromatic heterocycles. The zero-order valence-electron chi connectivity index (χ0n) is 16.3. The first kappa shape index (κ1) is 20.0. The molecule has 0 fully saturated rings. The number of hydrogen-bond donors (Lipinski definition) is 1. The highest BCUT2D eigenvalue weighted by Crippen LogP contribution is 2.16. The summed E-state index contributed by atoms with van der Waals surface area (Å²) in [7, 11) is 0. The van der Waals surface area contributed by atoms with E-state index in [1.807, 2.05) is 37.3 Å². The molecule has 0 heterocycles. The van der Waals surface area contributed by atoms with E-state index in [1.54, 1.807) is 0 Å². The van der Waals surface area contributed by atoms with Crippen LogP contribution >= 0.6 is 0 Å². The number of aryl methyl sites for hydroxylation is 2. The van der Waals surface area contributed by atoms with Crippen LogP contribution in [0.25, 0.3) is 0 Å². The van der Waals surface area contributed by atoms with Crippen LogP contribution in [0, 0.1) is 13.8 Å². The monoisotopic (exact) mass is 354 g/mol. The normalized spacial score (nSPS) is 10.8. The van der Waals surface area contributed by atoms with Crippen LogP contribution in [0.5, 0.6) is 5.75 Å². The van der Waals surface area contributed by atoms with Crippen molar-refractivity contribution in [2.75, 3.05) is 19.7 Å². The topological polar surface area (TPSA) is 41.6 Å². The minimum atomic E-state index is -0.110. The fourth-order valence-corrected chi connectivity index (χ4v) is 2.77. The predicted octanol–water partition coefficient (Wildman–Crippen LogP) is 3.84. The standard InChI is InChI=1S/C22H30N2O2/c1-5-24(6-2)15-20-10-8-7-9-19(20)14-23-22(25)16-26-21-12-11-17(3)18(4)13-21/h7-13H,5-6,14-16H2,1-4H3,(H,23,25). The van der Waals surface area contributed by atoms with E-state index in [-0.39, 0.29) is 12.5 Å². The van der Waals surface area contributed by atoms with Crippen molar-refractivity contribution >= 4 is 5.91 Å². The average Bonchev–Trinajstić information content (AvgIpc) is 2.66. The molecule has 0 radical (unpaired) electrons. The molecule has 26 heavy (non-hydrogen) atoms. The third-order valence-corrected chi connectivity index (χ3v) is 4.73. The van der Waals surface area contributed by atoms with Crippen LogP contribution in [0.2, 0.25) is 0 Å². The molecule has 0 saturated carbocycles. The van der Waals surface area contributed by atoms with Gasteiger partial charge >= 0.3 is 0 Å². The van der Waals surface area contributed by atoms with Gasteiger partial charge in [-0.25, -0.2) is 0 Å². The van der Waals surface area contributed by atoms with E-state index in [0.717, 1.165) is 36.5 Å². The van der Waals surface area contributed by atoms with Crippen LogP contribution in [0.4, 0.5) is 0 Å². The molecule has 140 valence electrons. The molecule has 4 heteroatoms. The number of carbonyl (C=O) groups is 1. The third kappa shape index (κ3) is 5.88. The minimum absolute atomic E-state index is 0.0285. The van der Waals surface area contributed by atoms with Gasteiger partial charge in [-0.2, -0.15) is 0 Å². The van der Waals surface area contributed by atoms with Crippen molar-refractivity contribution in [2.24, 2.45) is 0 Å². The highest BCUT2D eigenvalue weighted by atomic mass is 16.5. The van der Waals surface area contributed by atoms with Crippen molar-refractivity contribution in [3.05, 3.63) is 64.7 Å². The van der Waals surface area contributed by atoms with Crippen LogP contribution in [0.15, 0.2) is 42.5 Å². The first-order valence-electron chi connectivity index (χ1n) is 9.29. The lowest BCUT2D eigenvalue weighted by molar-refractivity contribution is -0.123. The summed E-state index contributed by atoms with van der Waals surface area (Å²) in [6.45, 7) is 11.9. The van der Waals surface area contributed by atoms with Crippen LogP contribution in [-0.4, -0.2) is 30.5 Å². The number of ether oxygens (including phenoxy) is 1. The molecule has 0 unspecified atom stereocenters. The van der Waals surface area contributed by atoms with E-state index in [1.165, 1.54) is 11.1 Å². The van der Waals surface area contributed by atoms with Crippen LogP contribution in [-0.2, 0) is 17.9 Å². The van der Waals surface area contributed by atoms with Gasteiger partial charge < -0.3 is 10.1 Å². The van der Waals surface area contributed by atoms with Crippen molar-refractivity contribution in [3.63, 3.8) is 0 Å². The summed E-state index contributed by atoms with van der Waals surface area (Å²) in [5, 5.41) is 2.96. The van der Waals surface area contributed by atoms with Gasteiger partial charge in [0.25, 0.3) is 5.91 Å². The van der Waals surface area contributed by atoms with E-state index in [2.05, 4.69) is 43.1 Å². The maximum Gasteiger partial charge on any atom is 0.258 e. The first-order valence-corrected chi connectivity index (χ1v) is 9.29. The molecule has 0 saturated heterocycles. The van der Waals surface area contributed by atoms with Crippen molar-refractivity contribution in [1.82, 2.24) is 10.2 Å². The number of rotatable bonds is 9. The zero-order valence-corrected chi connectivity index (χ0v) is 16.3. The summed E-state index contributed by atoms with van der Waals surface area (Å²) < 4.78 is 5.60.